The maximum absolute atomic E-state index is 13.1. The van der Waals surface area contributed by atoms with Gasteiger partial charge in [0.25, 0.3) is 5.91 Å². The lowest BCUT2D eigenvalue weighted by molar-refractivity contribution is -0.125. The fourth-order valence-corrected chi connectivity index (χ4v) is 5.08. The van der Waals surface area contributed by atoms with Crippen LogP contribution in [0, 0.1) is 11.8 Å². The molecule has 2 aliphatic heterocycles. The molecule has 0 aromatic heterocycles. The second-order valence-electron chi connectivity index (χ2n) is 8.52. The molecule has 2 aliphatic rings. The second kappa shape index (κ2) is 9.34. The van der Waals surface area contributed by atoms with Gasteiger partial charge < -0.3 is 10.1 Å². The molecule has 1 fully saturated rings. The lowest BCUT2D eigenvalue weighted by Gasteiger charge is -2.31. The summed E-state index contributed by atoms with van der Waals surface area (Å²) in [7, 11) is -3.67. The number of nitrogens with zero attached hydrogens (tertiary/aromatic N) is 2. The van der Waals surface area contributed by atoms with Gasteiger partial charge in [-0.3, -0.25) is 14.5 Å². The van der Waals surface area contributed by atoms with Crippen LogP contribution in [0.5, 0.6) is 5.75 Å². The van der Waals surface area contributed by atoms with Crippen molar-refractivity contribution in [3.05, 3.63) is 18.2 Å². The lowest BCUT2D eigenvalue weighted by atomic mass is 10.0. The zero-order valence-corrected chi connectivity index (χ0v) is 18.7. The minimum atomic E-state index is -3.67. The monoisotopic (exact) mass is 437 g/mol. The van der Waals surface area contributed by atoms with Crippen molar-refractivity contribution in [3.63, 3.8) is 0 Å². The third-order valence-electron chi connectivity index (χ3n) is 5.60. The highest BCUT2D eigenvalue weighted by Gasteiger charge is 2.32. The van der Waals surface area contributed by atoms with Crippen LogP contribution in [0.3, 0.4) is 0 Å². The Hall–Kier alpha value is -2.13. The van der Waals surface area contributed by atoms with Crippen LogP contribution < -0.4 is 15.0 Å². The fraction of sp³-hybridized carbons (Fsp3) is 0.619. The van der Waals surface area contributed by atoms with Gasteiger partial charge in [-0.1, -0.05) is 20.8 Å². The van der Waals surface area contributed by atoms with E-state index in [-0.39, 0.29) is 29.9 Å². The van der Waals surface area contributed by atoms with Crippen molar-refractivity contribution in [2.45, 2.75) is 44.9 Å². The lowest BCUT2D eigenvalue weighted by Crippen LogP contribution is -2.45. The topological polar surface area (TPSA) is 96.0 Å². The van der Waals surface area contributed by atoms with E-state index in [0.717, 1.165) is 19.3 Å². The van der Waals surface area contributed by atoms with Crippen LogP contribution in [0.2, 0.25) is 0 Å². The van der Waals surface area contributed by atoms with Crippen LogP contribution in [0.15, 0.2) is 23.1 Å². The number of ether oxygens (including phenoxy) is 1. The van der Waals surface area contributed by atoms with Gasteiger partial charge >= 0.3 is 0 Å². The molecule has 0 bridgehead atoms. The van der Waals surface area contributed by atoms with Crippen LogP contribution in [-0.4, -0.2) is 57.3 Å². The second-order valence-corrected chi connectivity index (χ2v) is 10.5. The number of rotatable bonds is 7. The summed E-state index contributed by atoms with van der Waals surface area (Å²) < 4.78 is 33.1. The molecule has 2 heterocycles. The van der Waals surface area contributed by atoms with Gasteiger partial charge in [0.2, 0.25) is 15.9 Å². The molecule has 30 heavy (non-hydrogen) atoms. The minimum Gasteiger partial charge on any atom is -0.482 e. The van der Waals surface area contributed by atoms with E-state index in [4.69, 9.17) is 4.74 Å². The average molecular weight is 438 g/mol. The normalized spacial score (nSPS) is 18.3. The maximum Gasteiger partial charge on any atom is 0.265 e. The summed E-state index contributed by atoms with van der Waals surface area (Å²) >= 11 is 0. The number of piperidine rings is 1. The molecule has 8 nitrogen and oxygen atoms in total. The number of hydrogen-bond acceptors (Lipinski definition) is 5. The summed E-state index contributed by atoms with van der Waals surface area (Å²) in [4.78, 5) is 26.2. The zero-order valence-electron chi connectivity index (χ0n) is 17.9. The molecule has 0 aliphatic carbocycles. The van der Waals surface area contributed by atoms with E-state index in [0.29, 0.717) is 42.9 Å². The predicted molar refractivity (Wildman–Crippen MR) is 114 cm³/mol. The van der Waals surface area contributed by atoms with E-state index in [9.17, 15) is 18.0 Å². The Morgan fingerprint density at radius 3 is 2.63 bits per heavy atom. The van der Waals surface area contributed by atoms with Crippen LogP contribution in [-0.2, 0) is 19.6 Å². The Labute approximate surface area is 178 Å². The number of nitrogens with one attached hydrogen (secondary N) is 1. The van der Waals surface area contributed by atoms with Crippen molar-refractivity contribution < 1.29 is 22.7 Å². The molecule has 2 amide bonds. The standard InChI is InChI=1S/C21H31N3O5S/c1-15(2)6-9-22-20(25)13-24-18-12-17(4-5-19(18)29-14-21(24)26)30(27,28)23-10-7-16(3)8-11-23/h4-5,12,15-16H,6-11,13-14H2,1-3H3,(H,22,25). The Balaban J connectivity index is 1.80. The molecule has 1 N–H and O–H groups in total. The molecule has 0 atom stereocenters. The zero-order chi connectivity index (χ0) is 21.9. The highest BCUT2D eigenvalue weighted by molar-refractivity contribution is 7.89. The Morgan fingerprint density at radius 2 is 1.97 bits per heavy atom. The molecule has 0 saturated carbocycles. The van der Waals surface area contributed by atoms with Gasteiger partial charge in [0.15, 0.2) is 6.61 Å². The number of carbonyl (C=O) groups excluding carboxylic acids is 2. The van der Waals surface area contributed by atoms with E-state index in [2.05, 4.69) is 26.1 Å². The largest absolute Gasteiger partial charge is 0.482 e. The highest BCUT2D eigenvalue weighted by Crippen LogP contribution is 2.35. The van der Waals surface area contributed by atoms with Crippen molar-refractivity contribution >= 4 is 27.5 Å². The molecule has 9 heteroatoms. The van der Waals surface area contributed by atoms with Gasteiger partial charge in [0.05, 0.1) is 10.6 Å². The number of fused-ring (bicyclic) bond motifs is 1. The number of benzene rings is 1. The first-order valence-corrected chi connectivity index (χ1v) is 12.0. The molecule has 166 valence electrons. The fourth-order valence-electron chi connectivity index (χ4n) is 3.59. The maximum atomic E-state index is 13.1. The molecule has 1 aromatic carbocycles. The highest BCUT2D eigenvalue weighted by atomic mass is 32.2. The molecule has 0 unspecified atom stereocenters. The Bertz CT molecular complexity index is 892. The number of sulfonamides is 1. The molecule has 0 radical (unpaired) electrons. The van der Waals surface area contributed by atoms with Crippen LogP contribution in [0.25, 0.3) is 0 Å². The first kappa shape index (κ1) is 22.6. The number of anilines is 1. The van der Waals surface area contributed by atoms with E-state index < -0.39 is 10.0 Å². The summed E-state index contributed by atoms with van der Waals surface area (Å²) in [6.07, 6.45) is 2.50. The van der Waals surface area contributed by atoms with Gasteiger partial charge in [-0.15, -0.1) is 0 Å². The van der Waals surface area contributed by atoms with Crippen molar-refractivity contribution in [2.24, 2.45) is 11.8 Å². The van der Waals surface area contributed by atoms with Gasteiger partial charge in [-0.2, -0.15) is 4.31 Å². The Morgan fingerprint density at radius 1 is 1.27 bits per heavy atom. The van der Waals surface area contributed by atoms with Crippen molar-refractivity contribution in [1.29, 1.82) is 0 Å². The SMILES string of the molecule is CC(C)CCNC(=O)CN1C(=O)COc2ccc(S(=O)(=O)N3CCC(C)CC3)cc21. The summed E-state index contributed by atoms with van der Waals surface area (Å²) in [5.74, 6) is 0.714. The number of amides is 2. The van der Waals surface area contributed by atoms with Crippen molar-refractivity contribution in [1.82, 2.24) is 9.62 Å². The Kier molecular flexibility index (Phi) is 7.02. The van der Waals surface area contributed by atoms with E-state index in [1.165, 1.54) is 21.3 Å². The van der Waals surface area contributed by atoms with Crippen molar-refractivity contribution in [3.8, 4) is 5.75 Å². The smallest absolute Gasteiger partial charge is 0.265 e. The molecular formula is C21H31N3O5S. The molecule has 3 rings (SSSR count). The van der Waals surface area contributed by atoms with E-state index in [1.807, 2.05) is 0 Å². The van der Waals surface area contributed by atoms with Gasteiger partial charge in [-0.05, 0) is 49.3 Å². The number of hydrogen-bond donors (Lipinski definition) is 1. The number of carbonyl (C=O) groups is 2. The summed E-state index contributed by atoms with van der Waals surface area (Å²) in [6.45, 7) is 7.41. The van der Waals surface area contributed by atoms with E-state index in [1.54, 1.807) is 6.07 Å². The van der Waals surface area contributed by atoms with Crippen molar-refractivity contribution in [2.75, 3.05) is 37.7 Å². The quantitative estimate of drug-likeness (QED) is 0.704. The third-order valence-corrected chi connectivity index (χ3v) is 7.49. The molecule has 1 saturated heterocycles. The minimum absolute atomic E-state index is 0.110. The molecule has 0 spiro atoms. The predicted octanol–water partition coefficient (Wildman–Crippen LogP) is 1.99. The van der Waals surface area contributed by atoms with Gasteiger partial charge in [0, 0.05) is 19.6 Å². The van der Waals surface area contributed by atoms with Crippen LogP contribution >= 0.6 is 0 Å². The summed E-state index contributed by atoms with van der Waals surface area (Å²) in [6, 6.07) is 4.51. The molecular weight excluding hydrogens is 406 g/mol. The van der Waals surface area contributed by atoms with Gasteiger partial charge in [0.1, 0.15) is 12.3 Å². The third kappa shape index (κ3) is 5.13. The summed E-state index contributed by atoms with van der Waals surface area (Å²) in [5.41, 5.74) is 0.316. The summed E-state index contributed by atoms with van der Waals surface area (Å²) in [5, 5.41) is 2.81. The average Bonchev–Trinajstić information content (AvgIpc) is 2.70. The molecule has 1 aromatic rings. The first-order valence-electron chi connectivity index (χ1n) is 10.5. The van der Waals surface area contributed by atoms with Gasteiger partial charge in [-0.25, -0.2) is 8.42 Å². The van der Waals surface area contributed by atoms with E-state index >= 15 is 0 Å². The van der Waals surface area contributed by atoms with Crippen LogP contribution in [0.1, 0.15) is 40.0 Å². The van der Waals surface area contributed by atoms with Crippen LogP contribution in [0.4, 0.5) is 5.69 Å². The first-order chi connectivity index (χ1) is 14.2.